The molecule has 4 rings (SSSR count). The van der Waals surface area contributed by atoms with Gasteiger partial charge in [0.1, 0.15) is 5.82 Å². The number of aromatic nitrogens is 1. The first kappa shape index (κ1) is 14.7. The number of benzene rings is 2. The Balaban J connectivity index is 1.55. The first-order chi connectivity index (χ1) is 11.7. The zero-order valence-corrected chi connectivity index (χ0v) is 13.1. The fourth-order valence-corrected chi connectivity index (χ4v) is 3.21. The fraction of sp³-hybridized carbons (Fsp3) is 0.150. The molecule has 3 nitrogen and oxygen atoms in total. The molecule has 0 radical (unpaired) electrons. The number of halogens is 1. The lowest BCUT2D eigenvalue weighted by atomic mass is 9.98. The van der Waals surface area contributed by atoms with E-state index in [9.17, 15) is 9.18 Å². The molecule has 1 amide bonds. The van der Waals surface area contributed by atoms with Crippen LogP contribution in [-0.2, 0) is 0 Å². The summed E-state index contributed by atoms with van der Waals surface area (Å²) in [5, 5.41) is 1.21. The molecule has 0 fully saturated rings. The van der Waals surface area contributed by atoms with E-state index in [1.54, 1.807) is 4.90 Å². The topological polar surface area (TPSA) is 36.1 Å². The zero-order valence-electron chi connectivity index (χ0n) is 13.1. The van der Waals surface area contributed by atoms with Gasteiger partial charge >= 0.3 is 0 Å². The summed E-state index contributed by atoms with van der Waals surface area (Å²) in [5.41, 5.74) is 4.12. The van der Waals surface area contributed by atoms with Crippen molar-refractivity contribution in [3.05, 3.63) is 77.7 Å². The average Bonchev–Trinajstić information content (AvgIpc) is 3.06. The Hall–Kier alpha value is -2.88. The van der Waals surface area contributed by atoms with E-state index in [0.29, 0.717) is 18.7 Å². The van der Waals surface area contributed by atoms with E-state index in [4.69, 9.17) is 0 Å². The lowest BCUT2D eigenvalue weighted by Crippen LogP contribution is -2.34. The van der Waals surface area contributed by atoms with E-state index in [-0.39, 0.29) is 11.7 Å². The van der Waals surface area contributed by atoms with Gasteiger partial charge < -0.3 is 9.88 Å². The van der Waals surface area contributed by atoms with Crippen molar-refractivity contribution in [2.45, 2.75) is 6.42 Å². The number of para-hydroxylation sites is 1. The number of H-pyrrole nitrogens is 1. The molecule has 1 aromatic heterocycles. The number of hydrogen-bond donors (Lipinski definition) is 1. The first-order valence-corrected chi connectivity index (χ1v) is 8.03. The SMILES string of the molecule is O=C(c1ccc(F)cc1)N1CC=C(c2c[nH]c3ccccc23)CC1. The van der Waals surface area contributed by atoms with Crippen LogP contribution in [0.5, 0.6) is 0 Å². The highest BCUT2D eigenvalue weighted by molar-refractivity contribution is 5.96. The van der Waals surface area contributed by atoms with Gasteiger partial charge in [-0.1, -0.05) is 24.3 Å². The Labute approximate surface area is 139 Å². The minimum atomic E-state index is -0.327. The maximum atomic E-state index is 13.0. The minimum absolute atomic E-state index is 0.0516. The maximum Gasteiger partial charge on any atom is 0.254 e. The van der Waals surface area contributed by atoms with Gasteiger partial charge in [-0.15, -0.1) is 0 Å². The van der Waals surface area contributed by atoms with Gasteiger partial charge in [-0.25, -0.2) is 4.39 Å². The maximum absolute atomic E-state index is 13.0. The van der Waals surface area contributed by atoms with Crippen LogP contribution < -0.4 is 0 Å². The van der Waals surface area contributed by atoms with E-state index in [2.05, 4.69) is 23.2 Å². The Morgan fingerprint density at radius 3 is 2.62 bits per heavy atom. The second-order valence-electron chi connectivity index (χ2n) is 5.99. The second-order valence-corrected chi connectivity index (χ2v) is 5.99. The summed E-state index contributed by atoms with van der Waals surface area (Å²) in [6, 6.07) is 13.9. The van der Waals surface area contributed by atoms with Crippen LogP contribution in [0.15, 0.2) is 60.8 Å². The van der Waals surface area contributed by atoms with Gasteiger partial charge in [-0.05, 0) is 42.3 Å². The van der Waals surface area contributed by atoms with Gasteiger partial charge in [0, 0.05) is 41.3 Å². The molecule has 1 aliphatic rings. The Morgan fingerprint density at radius 2 is 1.88 bits per heavy atom. The second kappa shape index (κ2) is 5.96. The summed E-state index contributed by atoms with van der Waals surface area (Å²) in [6.07, 6.45) is 4.96. The van der Waals surface area contributed by atoms with Crippen molar-refractivity contribution in [2.75, 3.05) is 13.1 Å². The van der Waals surface area contributed by atoms with E-state index in [1.165, 1.54) is 40.8 Å². The van der Waals surface area contributed by atoms with Crippen molar-refractivity contribution in [2.24, 2.45) is 0 Å². The third kappa shape index (κ3) is 2.60. The summed E-state index contributed by atoms with van der Waals surface area (Å²) in [4.78, 5) is 17.6. The van der Waals surface area contributed by atoms with E-state index < -0.39 is 0 Å². The Morgan fingerprint density at radius 1 is 1.08 bits per heavy atom. The van der Waals surface area contributed by atoms with Crippen LogP contribution in [0.2, 0.25) is 0 Å². The largest absolute Gasteiger partial charge is 0.361 e. The molecule has 2 aromatic carbocycles. The standard InChI is InChI=1S/C20H17FN2O/c21-16-7-5-15(6-8-16)20(24)23-11-9-14(10-12-23)18-13-22-19-4-2-1-3-17(18)19/h1-9,13,22H,10-12H2. The van der Waals surface area contributed by atoms with Crippen molar-refractivity contribution < 1.29 is 9.18 Å². The molecule has 0 unspecified atom stereocenters. The predicted octanol–water partition coefficient (Wildman–Crippen LogP) is 4.24. The van der Waals surface area contributed by atoms with E-state index in [1.807, 2.05) is 18.3 Å². The summed E-state index contributed by atoms with van der Waals surface area (Å²) >= 11 is 0. The van der Waals surface area contributed by atoms with E-state index in [0.717, 1.165) is 11.9 Å². The first-order valence-electron chi connectivity index (χ1n) is 8.03. The molecule has 1 N–H and O–H groups in total. The van der Waals surface area contributed by atoms with Crippen LogP contribution in [-0.4, -0.2) is 28.9 Å². The third-order valence-electron chi connectivity index (χ3n) is 4.52. The number of fused-ring (bicyclic) bond motifs is 1. The molecule has 4 heteroatoms. The number of carbonyl (C=O) groups excluding carboxylic acids is 1. The summed E-state index contributed by atoms with van der Waals surface area (Å²) in [6.45, 7) is 1.24. The molecule has 1 aliphatic heterocycles. The van der Waals surface area contributed by atoms with Crippen LogP contribution in [0.25, 0.3) is 16.5 Å². The van der Waals surface area contributed by atoms with Gasteiger partial charge in [0.05, 0.1) is 0 Å². The molecule has 0 saturated carbocycles. The lowest BCUT2D eigenvalue weighted by Gasteiger charge is -2.26. The van der Waals surface area contributed by atoms with Crippen LogP contribution >= 0.6 is 0 Å². The number of nitrogens with zero attached hydrogens (tertiary/aromatic N) is 1. The smallest absolute Gasteiger partial charge is 0.254 e. The monoisotopic (exact) mass is 320 g/mol. The van der Waals surface area contributed by atoms with Crippen molar-refractivity contribution >= 4 is 22.4 Å². The summed E-state index contributed by atoms with van der Waals surface area (Å²) in [7, 11) is 0. The number of hydrogen-bond acceptors (Lipinski definition) is 1. The fourth-order valence-electron chi connectivity index (χ4n) is 3.21. The van der Waals surface area contributed by atoms with Crippen LogP contribution in [0, 0.1) is 5.82 Å². The zero-order chi connectivity index (χ0) is 16.5. The molecule has 120 valence electrons. The quantitative estimate of drug-likeness (QED) is 0.753. The van der Waals surface area contributed by atoms with Crippen LogP contribution in [0.3, 0.4) is 0 Å². The van der Waals surface area contributed by atoms with Crippen molar-refractivity contribution in [3.63, 3.8) is 0 Å². The third-order valence-corrected chi connectivity index (χ3v) is 4.52. The molecule has 0 bridgehead atoms. The number of nitrogens with one attached hydrogen (secondary N) is 1. The van der Waals surface area contributed by atoms with Gasteiger partial charge in [0.15, 0.2) is 0 Å². The summed E-state index contributed by atoms with van der Waals surface area (Å²) < 4.78 is 13.0. The van der Waals surface area contributed by atoms with Gasteiger partial charge in [0.25, 0.3) is 5.91 Å². The van der Waals surface area contributed by atoms with Gasteiger partial charge in [0.2, 0.25) is 0 Å². The molecule has 0 saturated heterocycles. The molecule has 0 spiro atoms. The van der Waals surface area contributed by atoms with Crippen molar-refractivity contribution in [1.82, 2.24) is 9.88 Å². The van der Waals surface area contributed by atoms with E-state index >= 15 is 0 Å². The van der Waals surface area contributed by atoms with Crippen LogP contribution in [0.4, 0.5) is 4.39 Å². The lowest BCUT2D eigenvalue weighted by molar-refractivity contribution is 0.0773. The average molecular weight is 320 g/mol. The Bertz CT molecular complexity index is 924. The molecule has 24 heavy (non-hydrogen) atoms. The van der Waals surface area contributed by atoms with Crippen molar-refractivity contribution in [3.8, 4) is 0 Å². The highest BCUT2D eigenvalue weighted by atomic mass is 19.1. The number of rotatable bonds is 2. The highest BCUT2D eigenvalue weighted by Gasteiger charge is 2.20. The van der Waals surface area contributed by atoms with Gasteiger partial charge in [-0.3, -0.25) is 4.79 Å². The molecule has 3 aromatic rings. The predicted molar refractivity (Wildman–Crippen MR) is 93.2 cm³/mol. The molecule has 0 aliphatic carbocycles. The molecule has 0 atom stereocenters. The number of amides is 1. The molecule has 2 heterocycles. The number of carbonyl (C=O) groups is 1. The number of aromatic amines is 1. The normalized spacial score (nSPS) is 14.7. The van der Waals surface area contributed by atoms with Gasteiger partial charge in [-0.2, -0.15) is 0 Å². The highest BCUT2D eigenvalue weighted by Crippen LogP contribution is 2.29. The summed E-state index contributed by atoms with van der Waals surface area (Å²) in [5.74, 6) is -0.379. The van der Waals surface area contributed by atoms with Crippen molar-refractivity contribution in [1.29, 1.82) is 0 Å². The Kier molecular flexibility index (Phi) is 3.65. The van der Waals surface area contributed by atoms with Crippen LogP contribution in [0.1, 0.15) is 22.3 Å². The molecular weight excluding hydrogens is 303 g/mol. The minimum Gasteiger partial charge on any atom is -0.361 e. The molecular formula is C20H17FN2O.